The van der Waals surface area contributed by atoms with E-state index in [-0.39, 0.29) is 5.56 Å². The highest BCUT2D eigenvalue weighted by Crippen LogP contribution is 2.20. The standard InChI is InChI=1S/C21H22N4O/c1-14-8-15(2)10-16(9-14)12-25-7-5-19-18(13-25)21(26)24-20(23-19)17-4-3-6-22-11-17/h3-4,6,8-11H,5,7,12-13H2,1-2H3,(H,23,24,26). The van der Waals surface area contributed by atoms with Crippen LogP contribution in [0.5, 0.6) is 0 Å². The maximum absolute atomic E-state index is 12.6. The van der Waals surface area contributed by atoms with Gasteiger partial charge in [-0.1, -0.05) is 29.3 Å². The minimum absolute atomic E-state index is 0.0426. The van der Waals surface area contributed by atoms with Crippen molar-refractivity contribution in [3.63, 3.8) is 0 Å². The number of aromatic amines is 1. The number of aromatic nitrogens is 3. The van der Waals surface area contributed by atoms with E-state index in [2.05, 4.69) is 46.9 Å². The van der Waals surface area contributed by atoms with E-state index in [4.69, 9.17) is 4.98 Å². The molecule has 0 amide bonds. The maximum atomic E-state index is 12.6. The second-order valence-corrected chi connectivity index (χ2v) is 7.04. The lowest BCUT2D eigenvalue weighted by Crippen LogP contribution is -2.35. The lowest BCUT2D eigenvalue weighted by Gasteiger charge is -2.28. The number of rotatable bonds is 3. The number of benzene rings is 1. The molecule has 5 nitrogen and oxygen atoms in total. The second-order valence-electron chi connectivity index (χ2n) is 7.04. The fourth-order valence-corrected chi connectivity index (χ4v) is 3.67. The molecule has 0 fully saturated rings. The highest BCUT2D eigenvalue weighted by Gasteiger charge is 2.21. The number of nitrogens with one attached hydrogen (secondary N) is 1. The van der Waals surface area contributed by atoms with Crippen molar-refractivity contribution < 1.29 is 0 Å². The van der Waals surface area contributed by atoms with Crippen LogP contribution in [0.1, 0.15) is 27.9 Å². The summed E-state index contributed by atoms with van der Waals surface area (Å²) < 4.78 is 0. The zero-order valence-corrected chi connectivity index (χ0v) is 15.1. The summed E-state index contributed by atoms with van der Waals surface area (Å²) in [5, 5.41) is 0. The van der Waals surface area contributed by atoms with Crippen LogP contribution in [0.15, 0.2) is 47.5 Å². The van der Waals surface area contributed by atoms with E-state index in [9.17, 15) is 4.79 Å². The van der Waals surface area contributed by atoms with Gasteiger partial charge in [-0.25, -0.2) is 4.98 Å². The number of H-pyrrole nitrogens is 1. The van der Waals surface area contributed by atoms with Crippen LogP contribution < -0.4 is 5.56 Å². The molecule has 0 spiro atoms. The number of pyridine rings is 1. The van der Waals surface area contributed by atoms with Crippen LogP contribution in [0, 0.1) is 13.8 Å². The Bertz CT molecular complexity index is 974. The van der Waals surface area contributed by atoms with Crippen molar-refractivity contribution in [1.82, 2.24) is 19.9 Å². The molecule has 1 N–H and O–H groups in total. The van der Waals surface area contributed by atoms with Crippen molar-refractivity contribution in [1.29, 1.82) is 0 Å². The van der Waals surface area contributed by atoms with Gasteiger partial charge in [0.25, 0.3) is 5.56 Å². The van der Waals surface area contributed by atoms with Gasteiger partial charge in [-0.3, -0.25) is 14.7 Å². The summed E-state index contributed by atoms with van der Waals surface area (Å²) in [5.41, 5.74) is 6.33. The SMILES string of the molecule is Cc1cc(C)cc(CN2CCc3nc(-c4cccnc4)[nH]c(=O)c3C2)c1. The van der Waals surface area contributed by atoms with Crippen molar-refractivity contribution >= 4 is 0 Å². The third-order valence-corrected chi connectivity index (χ3v) is 4.77. The fraction of sp³-hybridized carbons (Fsp3) is 0.286. The first-order valence-corrected chi connectivity index (χ1v) is 8.90. The molecular formula is C21H22N4O. The molecule has 0 radical (unpaired) electrons. The van der Waals surface area contributed by atoms with Crippen molar-refractivity contribution in [2.75, 3.05) is 6.54 Å². The first kappa shape index (κ1) is 16.7. The second kappa shape index (κ2) is 6.84. The molecule has 1 aromatic carbocycles. The Labute approximate surface area is 152 Å². The van der Waals surface area contributed by atoms with E-state index in [1.54, 1.807) is 12.4 Å². The van der Waals surface area contributed by atoms with Gasteiger partial charge < -0.3 is 4.98 Å². The Morgan fingerprint density at radius 1 is 1.19 bits per heavy atom. The molecule has 0 atom stereocenters. The summed E-state index contributed by atoms with van der Waals surface area (Å²) in [6.07, 6.45) is 4.22. The molecule has 3 heterocycles. The van der Waals surface area contributed by atoms with Gasteiger partial charge in [0, 0.05) is 44.0 Å². The van der Waals surface area contributed by atoms with Gasteiger partial charge >= 0.3 is 0 Å². The van der Waals surface area contributed by atoms with E-state index in [0.717, 1.165) is 36.3 Å². The van der Waals surface area contributed by atoms with E-state index in [1.807, 2.05) is 12.1 Å². The number of hydrogen-bond donors (Lipinski definition) is 1. The Morgan fingerprint density at radius 2 is 2.00 bits per heavy atom. The van der Waals surface area contributed by atoms with Crippen LogP contribution in [-0.4, -0.2) is 26.4 Å². The number of hydrogen-bond acceptors (Lipinski definition) is 4. The normalized spacial score (nSPS) is 14.2. The molecule has 26 heavy (non-hydrogen) atoms. The topological polar surface area (TPSA) is 61.9 Å². The third kappa shape index (κ3) is 3.44. The summed E-state index contributed by atoms with van der Waals surface area (Å²) in [7, 11) is 0. The molecule has 1 aliphatic rings. The molecule has 132 valence electrons. The lowest BCUT2D eigenvalue weighted by atomic mass is 10.0. The average molecular weight is 346 g/mol. The fourth-order valence-electron chi connectivity index (χ4n) is 3.67. The van der Waals surface area contributed by atoms with Crippen molar-refractivity contribution in [3.8, 4) is 11.4 Å². The predicted molar refractivity (Wildman–Crippen MR) is 102 cm³/mol. The molecule has 5 heteroatoms. The van der Waals surface area contributed by atoms with Crippen LogP contribution in [0.2, 0.25) is 0 Å². The Balaban J connectivity index is 1.58. The maximum Gasteiger partial charge on any atom is 0.255 e. The molecular weight excluding hydrogens is 324 g/mol. The zero-order chi connectivity index (χ0) is 18.1. The van der Waals surface area contributed by atoms with Gasteiger partial charge in [0.15, 0.2) is 0 Å². The summed E-state index contributed by atoms with van der Waals surface area (Å²) in [4.78, 5) is 26.7. The largest absolute Gasteiger partial charge is 0.306 e. The van der Waals surface area contributed by atoms with E-state index in [0.29, 0.717) is 12.4 Å². The Kier molecular flexibility index (Phi) is 4.39. The highest BCUT2D eigenvalue weighted by molar-refractivity contribution is 5.53. The summed E-state index contributed by atoms with van der Waals surface area (Å²) >= 11 is 0. The summed E-state index contributed by atoms with van der Waals surface area (Å²) in [5.74, 6) is 0.601. The van der Waals surface area contributed by atoms with Crippen LogP contribution in [0.4, 0.5) is 0 Å². The Morgan fingerprint density at radius 3 is 2.73 bits per heavy atom. The van der Waals surface area contributed by atoms with Gasteiger partial charge in [0.05, 0.1) is 11.3 Å². The summed E-state index contributed by atoms with van der Waals surface area (Å²) in [6, 6.07) is 10.4. The minimum atomic E-state index is -0.0426. The van der Waals surface area contributed by atoms with Crippen molar-refractivity contribution in [3.05, 3.63) is 81.0 Å². The minimum Gasteiger partial charge on any atom is -0.306 e. The highest BCUT2D eigenvalue weighted by atomic mass is 16.1. The molecule has 1 aliphatic heterocycles. The third-order valence-electron chi connectivity index (χ3n) is 4.77. The molecule has 0 aliphatic carbocycles. The predicted octanol–water partition coefficient (Wildman–Crippen LogP) is 3.01. The molecule has 0 unspecified atom stereocenters. The van der Waals surface area contributed by atoms with Gasteiger partial charge in [0.2, 0.25) is 0 Å². The van der Waals surface area contributed by atoms with Gasteiger partial charge in [-0.2, -0.15) is 0 Å². The van der Waals surface area contributed by atoms with E-state index in [1.165, 1.54) is 16.7 Å². The van der Waals surface area contributed by atoms with Crippen LogP contribution in [0.3, 0.4) is 0 Å². The summed E-state index contributed by atoms with van der Waals surface area (Å²) in [6.45, 7) is 6.64. The van der Waals surface area contributed by atoms with E-state index < -0.39 is 0 Å². The zero-order valence-electron chi connectivity index (χ0n) is 15.1. The van der Waals surface area contributed by atoms with Crippen molar-refractivity contribution in [2.24, 2.45) is 0 Å². The lowest BCUT2D eigenvalue weighted by molar-refractivity contribution is 0.242. The Hall–Kier alpha value is -2.79. The smallest absolute Gasteiger partial charge is 0.255 e. The van der Waals surface area contributed by atoms with E-state index >= 15 is 0 Å². The number of fused-ring (bicyclic) bond motifs is 1. The quantitative estimate of drug-likeness (QED) is 0.792. The van der Waals surface area contributed by atoms with Gasteiger partial charge in [-0.15, -0.1) is 0 Å². The van der Waals surface area contributed by atoms with Gasteiger partial charge in [-0.05, 0) is 31.5 Å². The first-order valence-electron chi connectivity index (χ1n) is 8.90. The molecule has 0 bridgehead atoms. The number of aryl methyl sites for hydroxylation is 2. The van der Waals surface area contributed by atoms with Crippen LogP contribution in [-0.2, 0) is 19.5 Å². The van der Waals surface area contributed by atoms with Gasteiger partial charge in [0.1, 0.15) is 5.82 Å². The first-order chi connectivity index (χ1) is 12.6. The molecule has 4 rings (SSSR count). The monoisotopic (exact) mass is 346 g/mol. The van der Waals surface area contributed by atoms with Crippen molar-refractivity contribution in [2.45, 2.75) is 33.4 Å². The molecule has 3 aromatic rings. The number of nitrogens with zero attached hydrogens (tertiary/aromatic N) is 3. The van der Waals surface area contributed by atoms with Crippen LogP contribution in [0.25, 0.3) is 11.4 Å². The molecule has 0 saturated carbocycles. The molecule has 0 saturated heterocycles. The van der Waals surface area contributed by atoms with Crippen LogP contribution >= 0.6 is 0 Å². The average Bonchev–Trinajstić information content (AvgIpc) is 2.62. The molecule has 2 aromatic heterocycles.